The molecule has 188 valence electrons. The highest BCUT2D eigenvalue weighted by Gasteiger charge is 2.39. The summed E-state index contributed by atoms with van der Waals surface area (Å²) in [5, 5.41) is 8.47. The van der Waals surface area contributed by atoms with Crippen LogP contribution in [-0.4, -0.2) is 57.3 Å². The number of amides is 2. The van der Waals surface area contributed by atoms with Gasteiger partial charge in [-0.25, -0.2) is 9.67 Å². The number of hydrogen-bond acceptors (Lipinski definition) is 6. The number of aromatic nitrogens is 3. The molecule has 1 fully saturated rings. The monoisotopic (exact) mass is 517 g/mol. The highest BCUT2D eigenvalue weighted by molar-refractivity contribution is 7.99. The number of nitrogens with zero attached hydrogens (tertiary/aromatic N) is 3. The number of thioether (sulfide) groups is 1. The third-order valence-electron chi connectivity index (χ3n) is 5.26. The smallest absolute Gasteiger partial charge is 0.435 e. The standard InChI is InChI=1S/C24H22F3N5O3S/c25-24(26,27)21-19(15-32(31-21)17-4-2-1-3-5-17)23(34)29-11-10-28-22(33)16-6-7-20(30-14-16)35-18-8-12-36-13-9-18/h1-2,4,6-7,14-15,18H,8-13H2,(H,28,33)(H,29,34). The number of nitrogens with one attached hydrogen (secondary N) is 2. The lowest BCUT2D eigenvalue weighted by Gasteiger charge is -2.22. The SMILES string of the molecule is O=C(NCCNC(=O)c1cn(-c2c#cccc2)nc1C(F)(F)F)c1ccc(OC2CCSCC2)nc1. The number of halogens is 3. The van der Waals surface area contributed by atoms with Gasteiger partial charge < -0.3 is 15.4 Å². The minimum Gasteiger partial charge on any atom is -0.474 e. The summed E-state index contributed by atoms with van der Waals surface area (Å²) in [4.78, 5) is 29.0. The van der Waals surface area contributed by atoms with Crippen molar-refractivity contribution >= 4 is 23.6 Å². The van der Waals surface area contributed by atoms with Crippen LogP contribution in [0.3, 0.4) is 0 Å². The topological polar surface area (TPSA) is 98.1 Å². The fraction of sp³-hybridized carbons (Fsp3) is 0.333. The Morgan fingerprint density at radius 1 is 1.14 bits per heavy atom. The van der Waals surface area contributed by atoms with Crippen molar-refractivity contribution in [3.8, 4) is 11.6 Å². The molecule has 1 saturated heterocycles. The summed E-state index contributed by atoms with van der Waals surface area (Å²) in [6.45, 7) is -0.0912. The minimum absolute atomic E-state index is 0.000519. The molecule has 0 atom stereocenters. The molecule has 12 heteroatoms. The Morgan fingerprint density at radius 3 is 2.53 bits per heavy atom. The Kier molecular flexibility index (Phi) is 8.00. The van der Waals surface area contributed by atoms with E-state index >= 15 is 0 Å². The molecular formula is C24H22F3N5O3S. The lowest BCUT2D eigenvalue weighted by molar-refractivity contribution is -0.141. The van der Waals surface area contributed by atoms with Gasteiger partial charge in [0, 0.05) is 31.5 Å². The van der Waals surface area contributed by atoms with Crippen LogP contribution in [0.15, 0.2) is 42.7 Å². The average Bonchev–Trinajstić information content (AvgIpc) is 3.35. The first-order chi connectivity index (χ1) is 17.3. The molecular weight excluding hydrogens is 495 g/mol. The van der Waals surface area contributed by atoms with Gasteiger partial charge >= 0.3 is 6.18 Å². The molecule has 0 spiro atoms. The van der Waals surface area contributed by atoms with E-state index < -0.39 is 29.2 Å². The Hall–Kier alpha value is -3.72. The summed E-state index contributed by atoms with van der Waals surface area (Å²) in [7, 11) is 0. The second-order valence-corrected chi connectivity index (χ2v) is 9.07. The first kappa shape index (κ1) is 25.4. The maximum atomic E-state index is 13.4. The van der Waals surface area contributed by atoms with Gasteiger partial charge in [0.25, 0.3) is 11.8 Å². The molecule has 36 heavy (non-hydrogen) atoms. The highest BCUT2D eigenvalue weighted by Crippen LogP contribution is 2.31. The average molecular weight is 518 g/mol. The molecule has 1 aliphatic heterocycles. The summed E-state index contributed by atoms with van der Waals surface area (Å²) >= 11 is 1.89. The Bertz CT molecular complexity index is 1180. The fourth-order valence-corrected chi connectivity index (χ4v) is 4.51. The van der Waals surface area contributed by atoms with Crippen molar-refractivity contribution < 1.29 is 27.5 Å². The van der Waals surface area contributed by atoms with Crippen LogP contribution < -0.4 is 15.4 Å². The summed E-state index contributed by atoms with van der Waals surface area (Å²) in [6, 6.07) is 13.0. The molecule has 0 saturated carbocycles. The van der Waals surface area contributed by atoms with Crippen LogP contribution in [-0.2, 0) is 6.18 Å². The van der Waals surface area contributed by atoms with Crippen molar-refractivity contribution in [2.45, 2.75) is 25.1 Å². The van der Waals surface area contributed by atoms with Crippen LogP contribution in [0.1, 0.15) is 39.3 Å². The number of alkyl halides is 3. The zero-order chi connectivity index (χ0) is 25.5. The number of rotatable bonds is 8. The second-order valence-electron chi connectivity index (χ2n) is 7.84. The Morgan fingerprint density at radius 2 is 1.89 bits per heavy atom. The fourth-order valence-electron chi connectivity index (χ4n) is 3.45. The van der Waals surface area contributed by atoms with Crippen LogP contribution in [0.5, 0.6) is 5.88 Å². The number of pyridine rings is 1. The first-order valence-electron chi connectivity index (χ1n) is 11.1. The number of hydrogen-bond donors (Lipinski definition) is 2. The number of carbonyl (C=O) groups is 2. The molecule has 0 bridgehead atoms. The Labute approximate surface area is 209 Å². The maximum absolute atomic E-state index is 13.4. The van der Waals surface area contributed by atoms with Crippen molar-refractivity contribution in [2.75, 3.05) is 24.6 Å². The predicted molar refractivity (Wildman–Crippen MR) is 126 cm³/mol. The third kappa shape index (κ3) is 6.48. The van der Waals surface area contributed by atoms with Crippen LogP contribution in [0.4, 0.5) is 13.2 Å². The molecule has 0 aliphatic carbocycles. The van der Waals surface area contributed by atoms with E-state index in [2.05, 4.69) is 32.8 Å². The molecule has 3 heterocycles. The highest BCUT2D eigenvalue weighted by atomic mass is 32.2. The van der Waals surface area contributed by atoms with E-state index in [1.807, 2.05) is 11.8 Å². The van der Waals surface area contributed by atoms with E-state index in [1.54, 1.807) is 18.2 Å². The van der Waals surface area contributed by atoms with Crippen LogP contribution >= 0.6 is 11.8 Å². The summed E-state index contributed by atoms with van der Waals surface area (Å²) < 4.78 is 47.0. The van der Waals surface area contributed by atoms with E-state index in [-0.39, 0.29) is 24.9 Å². The molecule has 3 aromatic rings. The quantitative estimate of drug-likeness (QED) is 0.445. The van der Waals surface area contributed by atoms with Gasteiger partial charge in [0.2, 0.25) is 5.88 Å². The van der Waals surface area contributed by atoms with E-state index in [1.165, 1.54) is 18.3 Å². The summed E-state index contributed by atoms with van der Waals surface area (Å²) in [6.07, 6.45) is -0.426. The van der Waals surface area contributed by atoms with Crippen molar-refractivity contribution in [2.24, 2.45) is 0 Å². The van der Waals surface area contributed by atoms with Gasteiger partial charge in [-0.1, -0.05) is 12.1 Å². The minimum atomic E-state index is -4.83. The zero-order valence-corrected chi connectivity index (χ0v) is 19.8. The van der Waals surface area contributed by atoms with Crippen molar-refractivity contribution in [1.29, 1.82) is 0 Å². The molecule has 2 amide bonds. The zero-order valence-electron chi connectivity index (χ0n) is 19.0. The maximum Gasteiger partial charge on any atom is 0.435 e. The summed E-state index contributed by atoms with van der Waals surface area (Å²) in [5.41, 5.74) is -1.45. The number of ether oxygens (including phenoxy) is 1. The molecule has 0 unspecified atom stereocenters. The van der Waals surface area contributed by atoms with Crippen molar-refractivity contribution in [1.82, 2.24) is 25.4 Å². The molecule has 1 aliphatic rings. The number of carbonyl (C=O) groups excluding carboxylic acids is 2. The third-order valence-corrected chi connectivity index (χ3v) is 6.31. The van der Waals surface area contributed by atoms with Crippen LogP contribution in [0.2, 0.25) is 0 Å². The van der Waals surface area contributed by atoms with Crippen LogP contribution in [0, 0.1) is 12.1 Å². The lowest BCUT2D eigenvalue weighted by atomic mass is 10.2. The van der Waals surface area contributed by atoms with E-state index in [0.29, 0.717) is 11.4 Å². The molecule has 2 aromatic heterocycles. The predicted octanol–water partition coefficient (Wildman–Crippen LogP) is 3.32. The molecule has 2 N–H and O–H groups in total. The second kappa shape index (κ2) is 11.3. The largest absolute Gasteiger partial charge is 0.474 e. The van der Waals surface area contributed by atoms with Gasteiger partial charge in [0.05, 0.1) is 11.1 Å². The van der Waals surface area contributed by atoms with Gasteiger partial charge in [-0.2, -0.15) is 30.0 Å². The van der Waals surface area contributed by atoms with Gasteiger partial charge in [-0.15, -0.1) is 0 Å². The lowest BCUT2D eigenvalue weighted by Crippen LogP contribution is -2.35. The van der Waals surface area contributed by atoms with Crippen molar-refractivity contribution in [3.63, 3.8) is 0 Å². The Balaban J connectivity index is 1.29. The molecule has 8 nitrogen and oxygen atoms in total. The normalized spacial score (nSPS) is 14.1. The van der Waals surface area contributed by atoms with Crippen LogP contribution in [0.25, 0.3) is 5.69 Å². The van der Waals surface area contributed by atoms with Gasteiger partial charge in [0.15, 0.2) is 5.69 Å². The van der Waals surface area contributed by atoms with Crippen molar-refractivity contribution in [3.05, 3.63) is 71.7 Å². The van der Waals surface area contributed by atoms with Gasteiger partial charge in [0.1, 0.15) is 11.8 Å². The molecule has 4 rings (SSSR count). The van der Waals surface area contributed by atoms with Gasteiger partial charge in [-0.3, -0.25) is 9.59 Å². The van der Waals surface area contributed by atoms with E-state index in [0.717, 1.165) is 35.2 Å². The first-order valence-corrected chi connectivity index (χ1v) is 12.3. The molecule has 1 aromatic carbocycles. The van der Waals surface area contributed by atoms with Gasteiger partial charge in [-0.05, 0) is 48.6 Å². The summed E-state index contributed by atoms with van der Waals surface area (Å²) in [5.74, 6) is 1.14. The molecule has 0 radical (unpaired) electrons. The van der Waals surface area contributed by atoms with E-state index in [4.69, 9.17) is 4.74 Å². The van der Waals surface area contributed by atoms with E-state index in [9.17, 15) is 22.8 Å².